The van der Waals surface area contributed by atoms with E-state index in [4.69, 9.17) is 10.00 Å². The molecular formula is C23H21N3O4S. The first kappa shape index (κ1) is 22.1. The summed E-state index contributed by atoms with van der Waals surface area (Å²) in [7, 11) is 0. The van der Waals surface area contributed by atoms with Gasteiger partial charge in [-0.25, -0.2) is 0 Å². The van der Waals surface area contributed by atoms with Crippen molar-refractivity contribution in [1.29, 1.82) is 5.26 Å². The summed E-state index contributed by atoms with van der Waals surface area (Å²) in [6, 6.07) is 16.1. The number of hydrogen-bond donors (Lipinski definition) is 1. The van der Waals surface area contributed by atoms with Gasteiger partial charge in [-0.05, 0) is 59.1 Å². The summed E-state index contributed by atoms with van der Waals surface area (Å²) in [6.45, 7) is 3.76. The van der Waals surface area contributed by atoms with Crippen LogP contribution in [0.1, 0.15) is 30.9 Å². The van der Waals surface area contributed by atoms with E-state index in [1.165, 1.54) is 0 Å². The predicted octanol–water partition coefficient (Wildman–Crippen LogP) is 4.39. The van der Waals surface area contributed by atoms with E-state index in [-0.39, 0.29) is 18.1 Å². The summed E-state index contributed by atoms with van der Waals surface area (Å²) in [5, 5.41) is 10.8. The molecule has 0 spiro atoms. The number of thioether (sulfide) groups is 1. The molecule has 1 aliphatic rings. The second-order valence-electron chi connectivity index (χ2n) is 7.11. The number of nitrogens with one attached hydrogen (secondary N) is 1. The Labute approximate surface area is 184 Å². The average molecular weight is 436 g/mol. The number of imide groups is 1. The van der Waals surface area contributed by atoms with Crippen molar-refractivity contribution in [2.24, 2.45) is 0 Å². The topological polar surface area (TPSA) is 99.5 Å². The van der Waals surface area contributed by atoms with E-state index >= 15 is 0 Å². The number of benzene rings is 2. The molecule has 2 aromatic carbocycles. The highest BCUT2D eigenvalue weighted by molar-refractivity contribution is 8.18. The van der Waals surface area contributed by atoms with Crippen LogP contribution in [0.2, 0.25) is 0 Å². The van der Waals surface area contributed by atoms with Gasteiger partial charge in [-0.3, -0.25) is 19.3 Å². The number of carbonyl (C=O) groups excluding carboxylic acids is 3. The molecule has 0 saturated carbocycles. The minimum absolute atomic E-state index is 0.0534. The first-order chi connectivity index (χ1) is 14.9. The van der Waals surface area contributed by atoms with Crippen molar-refractivity contribution in [3.05, 3.63) is 64.6 Å². The fourth-order valence-electron chi connectivity index (χ4n) is 2.86. The number of amides is 3. The van der Waals surface area contributed by atoms with E-state index in [0.29, 0.717) is 22.9 Å². The van der Waals surface area contributed by atoms with E-state index in [9.17, 15) is 14.4 Å². The fourth-order valence-corrected chi connectivity index (χ4v) is 3.70. The molecule has 31 heavy (non-hydrogen) atoms. The first-order valence-corrected chi connectivity index (χ1v) is 10.4. The van der Waals surface area contributed by atoms with Crippen molar-refractivity contribution in [3.63, 3.8) is 0 Å². The fraction of sp³-hybridized carbons (Fsp3) is 0.217. The molecule has 1 saturated heterocycles. The van der Waals surface area contributed by atoms with Crippen molar-refractivity contribution in [2.45, 2.75) is 19.8 Å². The molecule has 2 aromatic rings. The van der Waals surface area contributed by atoms with Crippen LogP contribution in [0.4, 0.5) is 10.5 Å². The number of ether oxygens (including phenoxy) is 1. The zero-order valence-corrected chi connectivity index (χ0v) is 17.9. The largest absolute Gasteiger partial charge is 0.479 e. The Morgan fingerprint density at radius 2 is 1.84 bits per heavy atom. The Morgan fingerprint density at radius 3 is 2.45 bits per heavy atom. The molecule has 158 valence electrons. The van der Waals surface area contributed by atoms with Crippen LogP contribution in [-0.4, -0.2) is 35.1 Å². The minimum Gasteiger partial charge on any atom is -0.479 e. The van der Waals surface area contributed by atoms with Gasteiger partial charge < -0.3 is 10.1 Å². The van der Waals surface area contributed by atoms with Gasteiger partial charge in [0.15, 0.2) is 6.61 Å². The van der Waals surface area contributed by atoms with Crippen LogP contribution in [0.15, 0.2) is 53.4 Å². The van der Waals surface area contributed by atoms with Crippen molar-refractivity contribution < 1.29 is 19.1 Å². The quantitative estimate of drug-likeness (QED) is 0.648. The number of nitrogens with zero attached hydrogens (tertiary/aromatic N) is 2. The van der Waals surface area contributed by atoms with E-state index < -0.39 is 17.1 Å². The summed E-state index contributed by atoms with van der Waals surface area (Å²) in [5.41, 5.74) is 2.46. The van der Waals surface area contributed by atoms with Crippen LogP contribution in [0.25, 0.3) is 6.08 Å². The van der Waals surface area contributed by atoms with Gasteiger partial charge >= 0.3 is 0 Å². The summed E-state index contributed by atoms with van der Waals surface area (Å²) in [5.74, 6) is -0.0389. The predicted molar refractivity (Wildman–Crippen MR) is 119 cm³/mol. The summed E-state index contributed by atoms with van der Waals surface area (Å²) < 4.78 is 5.19. The minimum atomic E-state index is -0.509. The zero-order valence-electron chi connectivity index (χ0n) is 17.1. The number of hydrogen-bond acceptors (Lipinski definition) is 6. The van der Waals surface area contributed by atoms with Gasteiger partial charge in [0.2, 0.25) is 5.91 Å². The summed E-state index contributed by atoms with van der Waals surface area (Å²) in [4.78, 5) is 38.4. The van der Waals surface area contributed by atoms with E-state index in [1.54, 1.807) is 42.5 Å². The maximum atomic E-state index is 12.6. The second kappa shape index (κ2) is 9.96. The van der Waals surface area contributed by atoms with E-state index in [1.807, 2.05) is 18.2 Å². The third-order valence-corrected chi connectivity index (χ3v) is 5.43. The summed E-state index contributed by atoms with van der Waals surface area (Å²) >= 11 is 0.792. The van der Waals surface area contributed by atoms with Crippen molar-refractivity contribution in [1.82, 2.24) is 4.90 Å². The Kier molecular flexibility index (Phi) is 7.11. The molecule has 3 rings (SSSR count). The highest BCUT2D eigenvalue weighted by Gasteiger charge is 2.36. The number of carbonyl (C=O) groups is 3. The normalized spacial score (nSPS) is 14.8. The molecule has 1 aliphatic heterocycles. The molecule has 0 bridgehead atoms. The highest BCUT2D eigenvalue weighted by Crippen LogP contribution is 2.32. The maximum absolute atomic E-state index is 12.6. The van der Waals surface area contributed by atoms with Gasteiger partial charge in [0.1, 0.15) is 18.4 Å². The second-order valence-corrected chi connectivity index (χ2v) is 8.10. The SMILES string of the molecule is CC(C)c1ccc(NC(=O)CN2C(=O)S/C(=C\c3ccc(OCC#N)cc3)C2=O)cc1. The average Bonchev–Trinajstić information content (AvgIpc) is 3.01. The van der Waals surface area contributed by atoms with Gasteiger partial charge in [-0.1, -0.05) is 38.1 Å². The van der Waals surface area contributed by atoms with Crippen LogP contribution in [-0.2, 0) is 9.59 Å². The van der Waals surface area contributed by atoms with E-state index in [2.05, 4.69) is 19.2 Å². The number of rotatable bonds is 7. The smallest absolute Gasteiger partial charge is 0.294 e. The standard InChI is InChI=1S/C23H21N3O4S/c1-15(2)17-5-7-18(8-6-17)25-21(27)14-26-22(28)20(31-23(26)29)13-16-3-9-19(10-4-16)30-12-11-24/h3-10,13,15H,12,14H2,1-2H3,(H,25,27)/b20-13-. The molecular weight excluding hydrogens is 414 g/mol. The molecule has 1 heterocycles. The van der Waals surface area contributed by atoms with Crippen LogP contribution >= 0.6 is 11.8 Å². The van der Waals surface area contributed by atoms with Gasteiger partial charge in [-0.15, -0.1) is 0 Å². The molecule has 1 N–H and O–H groups in total. The van der Waals surface area contributed by atoms with E-state index in [0.717, 1.165) is 22.2 Å². The molecule has 7 nitrogen and oxygen atoms in total. The lowest BCUT2D eigenvalue weighted by Gasteiger charge is -2.13. The number of anilines is 1. The lowest BCUT2D eigenvalue weighted by molar-refractivity contribution is -0.127. The van der Waals surface area contributed by atoms with Crippen molar-refractivity contribution in [3.8, 4) is 11.8 Å². The molecule has 0 radical (unpaired) electrons. The molecule has 0 aromatic heterocycles. The van der Waals surface area contributed by atoms with Crippen LogP contribution in [0, 0.1) is 11.3 Å². The van der Waals surface area contributed by atoms with Gasteiger partial charge in [0.05, 0.1) is 4.91 Å². The van der Waals surface area contributed by atoms with Gasteiger partial charge in [0, 0.05) is 5.69 Å². The van der Waals surface area contributed by atoms with Gasteiger partial charge in [-0.2, -0.15) is 5.26 Å². The molecule has 1 fully saturated rings. The summed E-state index contributed by atoms with van der Waals surface area (Å²) in [6.07, 6.45) is 1.58. The molecule has 0 unspecified atom stereocenters. The first-order valence-electron chi connectivity index (χ1n) is 9.62. The number of nitriles is 1. The van der Waals surface area contributed by atoms with Crippen molar-refractivity contribution in [2.75, 3.05) is 18.5 Å². The Hall–Kier alpha value is -3.57. The third kappa shape index (κ3) is 5.74. The lowest BCUT2D eigenvalue weighted by Crippen LogP contribution is -2.36. The van der Waals surface area contributed by atoms with Crippen molar-refractivity contribution >= 4 is 40.6 Å². The molecule has 0 aliphatic carbocycles. The monoisotopic (exact) mass is 435 g/mol. The maximum Gasteiger partial charge on any atom is 0.294 e. The highest BCUT2D eigenvalue weighted by atomic mass is 32.2. The Bertz CT molecular complexity index is 1050. The van der Waals surface area contributed by atoms with Crippen LogP contribution in [0.5, 0.6) is 5.75 Å². The zero-order chi connectivity index (χ0) is 22.4. The molecule has 0 atom stereocenters. The Morgan fingerprint density at radius 1 is 1.16 bits per heavy atom. The molecule has 3 amide bonds. The Balaban J connectivity index is 1.62. The van der Waals surface area contributed by atoms with Gasteiger partial charge in [0.25, 0.3) is 11.1 Å². The van der Waals surface area contributed by atoms with Crippen LogP contribution in [0.3, 0.4) is 0 Å². The lowest BCUT2D eigenvalue weighted by atomic mass is 10.0. The molecule has 8 heteroatoms. The third-order valence-electron chi connectivity index (χ3n) is 4.52. The van der Waals surface area contributed by atoms with Crippen LogP contribution < -0.4 is 10.1 Å².